The quantitative estimate of drug-likeness (QED) is 0.614. The molecular formula is C20H16F3NO4. The van der Waals surface area contributed by atoms with Gasteiger partial charge in [-0.25, -0.2) is 4.79 Å². The van der Waals surface area contributed by atoms with Crippen LogP contribution in [0.5, 0.6) is 0 Å². The summed E-state index contributed by atoms with van der Waals surface area (Å²) >= 11 is 0. The number of aromatic carboxylic acids is 1. The lowest BCUT2D eigenvalue weighted by atomic mass is 10.0. The van der Waals surface area contributed by atoms with Crippen LogP contribution in [-0.2, 0) is 12.6 Å². The molecular weight excluding hydrogens is 375 g/mol. The minimum Gasteiger partial charge on any atom is -0.475 e. The zero-order valence-electron chi connectivity index (χ0n) is 14.8. The van der Waals surface area contributed by atoms with E-state index in [1.54, 1.807) is 6.92 Å². The monoisotopic (exact) mass is 391 g/mol. The Morgan fingerprint density at radius 2 is 1.86 bits per heavy atom. The summed E-state index contributed by atoms with van der Waals surface area (Å²) < 4.78 is 45.0. The van der Waals surface area contributed by atoms with Crippen molar-refractivity contribution in [2.24, 2.45) is 0 Å². The predicted molar refractivity (Wildman–Crippen MR) is 96.6 cm³/mol. The van der Waals surface area contributed by atoms with E-state index >= 15 is 0 Å². The summed E-state index contributed by atoms with van der Waals surface area (Å²) in [7, 11) is 0. The molecule has 0 aliphatic heterocycles. The third kappa shape index (κ3) is 4.00. The van der Waals surface area contributed by atoms with E-state index in [4.69, 9.17) is 9.52 Å². The fraction of sp³-hybridized carbons (Fsp3) is 0.200. The van der Waals surface area contributed by atoms with Gasteiger partial charge < -0.3 is 14.8 Å². The molecule has 2 N–H and O–H groups in total. The molecule has 0 saturated heterocycles. The van der Waals surface area contributed by atoms with Gasteiger partial charge in [-0.15, -0.1) is 0 Å². The Labute approximate surface area is 157 Å². The van der Waals surface area contributed by atoms with Crippen molar-refractivity contribution in [1.82, 2.24) is 0 Å². The number of benzene rings is 2. The molecule has 0 unspecified atom stereocenters. The number of fused-ring (bicyclic) bond motifs is 1. The highest BCUT2D eigenvalue weighted by Gasteiger charge is 2.33. The molecule has 1 heterocycles. The van der Waals surface area contributed by atoms with Crippen molar-refractivity contribution in [3.8, 4) is 0 Å². The number of carboxylic acids is 1. The Bertz CT molecular complexity index is 1050. The molecule has 0 spiro atoms. The molecule has 146 valence electrons. The Balaban J connectivity index is 1.88. The average molecular weight is 391 g/mol. The van der Waals surface area contributed by atoms with Gasteiger partial charge in [-0.3, -0.25) is 4.79 Å². The molecule has 8 heteroatoms. The molecule has 0 fully saturated rings. The summed E-state index contributed by atoms with van der Waals surface area (Å²) in [6, 6.07) is 9.23. The van der Waals surface area contributed by atoms with Crippen LogP contribution in [0.25, 0.3) is 11.0 Å². The topological polar surface area (TPSA) is 79.5 Å². The summed E-state index contributed by atoms with van der Waals surface area (Å²) in [6.07, 6.45) is -3.67. The minimum atomic E-state index is -4.52. The lowest BCUT2D eigenvalue weighted by Crippen LogP contribution is -2.14. The second-order valence-electron chi connectivity index (χ2n) is 6.24. The third-order valence-corrected chi connectivity index (χ3v) is 4.18. The van der Waals surface area contributed by atoms with Gasteiger partial charge in [-0.05, 0) is 48.4 Å². The average Bonchev–Trinajstić information content (AvgIpc) is 3.06. The summed E-state index contributed by atoms with van der Waals surface area (Å²) in [4.78, 5) is 23.4. The van der Waals surface area contributed by atoms with Gasteiger partial charge in [0.2, 0.25) is 5.76 Å². The van der Waals surface area contributed by atoms with Crippen molar-refractivity contribution in [2.45, 2.75) is 25.9 Å². The zero-order valence-corrected chi connectivity index (χ0v) is 14.8. The SMILES string of the molecule is CCCc1ccc(NC(=O)c2ccc3oc(C(=O)O)cc3c2)cc1C(F)(F)F. The van der Waals surface area contributed by atoms with Crippen molar-refractivity contribution >= 4 is 28.5 Å². The molecule has 0 aliphatic rings. The predicted octanol–water partition coefficient (Wildman–Crippen LogP) is 5.35. The second-order valence-corrected chi connectivity index (χ2v) is 6.24. The van der Waals surface area contributed by atoms with Crippen LogP contribution in [0.3, 0.4) is 0 Å². The summed E-state index contributed by atoms with van der Waals surface area (Å²) in [5.74, 6) is -2.13. The first-order valence-corrected chi connectivity index (χ1v) is 8.47. The molecule has 0 atom stereocenters. The van der Waals surface area contributed by atoms with E-state index in [1.165, 1.54) is 36.4 Å². The van der Waals surface area contributed by atoms with Crippen LogP contribution in [0, 0.1) is 0 Å². The Morgan fingerprint density at radius 1 is 1.11 bits per heavy atom. The summed E-state index contributed by atoms with van der Waals surface area (Å²) in [5, 5.41) is 11.8. The number of carbonyl (C=O) groups is 2. The number of amides is 1. The van der Waals surface area contributed by atoms with Crippen molar-refractivity contribution in [1.29, 1.82) is 0 Å². The molecule has 3 aromatic rings. The number of aryl methyl sites for hydroxylation is 1. The standard InChI is InChI=1S/C20H16F3NO4/c1-2-3-11-4-6-14(10-15(11)20(21,22)23)24-18(25)12-5-7-16-13(8-12)9-17(28-16)19(26)27/h4-10H,2-3H2,1H3,(H,24,25)(H,26,27). The van der Waals surface area contributed by atoms with Gasteiger partial charge in [-0.2, -0.15) is 13.2 Å². The van der Waals surface area contributed by atoms with E-state index in [-0.39, 0.29) is 34.6 Å². The van der Waals surface area contributed by atoms with Crippen LogP contribution in [0.2, 0.25) is 0 Å². The Hall–Kier alpha value is -3.29. The molecule has 0 bridgehead atoms. The molecule has 5 nitrogen and oxygen atoms in total. The van der Waals surface area contributed by atoms with Crippen molar-refractivity contribution in [2.75, 3.05) is 5.32 Å². The van der Waals surface area contributed by atoms with Crippen LogP contribution in [0.1, 0.15) is 45.4 Å². The van der Waals surface area contributed by atoms with E-state index in [9.17, 15) is 22.8 Å². The van der Waals surface area contributed by atoms with E-state index in [1.807, 2.05) is 0 Å². The van der Waals surface area contributed by atoms with Gasteiger partial charge in [0.05, 0.1) is 5.56 Å². The third-order valence-electron chi connectivity index (χ3n) is 4.18. The van der Waals surface area contributed by atoms with Gasteiger partial charge in [0.15, 0.2) is 0 Å². The van der Waals surface area contributed by atoms with Crippen molar-refractivity contribution in [3.63, 3.8) is 0 Å². The van der Waals surface area contributed by atoms with Gasteiger partial charge >= 0.3 is 12.1 Å². The number of hydrogen-bond acceptors (Lipinski definition) is 3. The second kappa shape index (κ2) is 7.38. The van der Waals surface area contributed by atoms with Gasteiger partial charge in [0.1, 0.15) is 5.58 Å². The molecule has 2 aromatic carbocycles. The van der Waals surface area contributed by atoms with Gasteiger partial charge in [0, 0.05) is 16.6 Å². The highest BCUT2D eigenvalue weighted by molar-refractivity contribution is 6.06. The fourth-order valence-corrected chi connectivity index (χ4v) is 2.90. The first-order chi connectivity index (χ1) is 13.2. The van der Waals surface area contributed by atoms with Crippen LogP contribution in [-0.4, -0.2) is 17.0 Å². The van der Waals surface area contributed by atoms with Gasteiger partial charge in [-0.1, -0.05) is 19.4 Å². The largest absolute Gasteiger partial charge is 0.475 e. The molecule has 1 aromatic heterocycles. The van der Waals surface area contributed by atoms with Gasteiger partial charge in [0.25, 0.3) is 5.91 Å². The lowest BCUT2D eigenvalue weighted by molar-refractivity contribution is -0.138. The van der Waals surface area contributed by atoms with Crippen LogP contribution < -0.4 is 5.32 Å². The highest BCUT2D eigenvalue weighted by Crippen LogP contribution is 2.34. The highest BCUT2D eigenvalue weighted by atomic mass is 19.4. The number of alkyl halides is 3. The van der Waals surface area contributed by atoms with E-state index in [0.29, 0.717) is 11.8 Å². The first kappa shape index (κ1) is 19.5. The Kier molecular flexibility index (Phi) is 5.13. The van der Waals surface area contributed by atoms with Crippen LogP contribution in [0.15, 0.2) is 46.9 Å². The number of nitrogens with one attached hydrogen (secondary N) is 1. The normalized spacial score (nSPS) is 11.6. The number of carboxylic acid groups (broad SMARTS) is 1. The number of hydrogen-bond donors (Lipinski definition) is 2. The summed E-state index contributed by atoms with van der Waals surface area (Å²) in [5.41, 5.74) is -0.123. The smallest absolute Gasteiger partial charge is 0.416 e. The van der Waals surface area contributed by atoms with Crippen LogP contribution in [0.4, 0.5) is 18.9 Å². The maximum atomic E-state index is 13.3. The number of halogens is 3. The molecule has 0 radical (unpaired) electrons. The van der Waals surface area contributed by atoms with Crippen molar-refractivity contribution in [3.05, 3.63) is 64.9 Å². The molecule has 3 rings (SSSR count). The number of anilines is 1. The first-order valence-electron chi connectivity index (χ1n) is 8.47. The zero-order chi connectivity index (χ0) is 20.5. The molecule has 28 heavy (non-hydrogen) atoms. The molecule has 1 amide bonds. The fourth-order valence-electron chi connectivity index (χ4n) is 2.90. The van der Waals surface area contributed by atoms with E-state index in [2.05, 4.69) is 5.32 Å². The summed E-state index contributed by atoms with van der Waals surface area (Å²) in [6.45, 7) is 1.79. The van der Waals surface area contributed by atoms with E-state index < -0.39 is 23.6 Å². The van der Waals surface area contributed by atoms with E-state index in [0.717, 1.165) is 6.07 Å². The Morgan fingerprint density at radius 3 is 2.50 bits per heavy atom. The van der Waals surface area contributed by atoms with Crippen molar-refractivity contribution < 1.29 is 32.3 Å². The lowest BCUT2D eigenvalue weighted by Gasteiger charge is -2.14. The maximum absolute atomic E-state index is 13.3. The number of furan rings is 1. The number of rotatable bonds is 5. The molecule has 0 aliphatic carbocycles. The number of carbonyl (C=O) groups excluding carboxylic acids is 1. The maximum Gasteiger partial charge on any atom is 0.416 e. The van der Waals surface area contributed by atoms with Crippen LogP contribution >= 0.6 is 0 Å². The molecule has 0 saturated carbocycles. The minimum absolute atomic E-state index is 0.0238.